The molecule has 0 saturated carbocycles. The van der Waals surface area contributed by atoms with Crippen LogP contribution in [-0.2, 0) is 23.7 Å². The van der Waals surface area contributed by atoms with Crippen LogP contribution in [0.15, 0.2) is 0 Å². The molecule has 0 radical (unpaired) electrons. The lowest BCUT2D eigenvalue weighted by molar-refractivity contribution is -0.383. The van der Waals surface area contributed by atoms with E-state index in [0.29, 0.717) is 19.4 Å². The predicted octanol–water partition coefficient (Wildman–Crippen LogP) is -5.39. The zero-order valence-electron chi connectivity index (χ0n) is 17.5. The molecule has 0 aromatic rings. The molecule has 2 fully saturated rings. The summed E-state index contributed by atoms with van der Waals surface area (Å²) in [6.07, 6.45) is -11.8. The molecule has 0 amide bonds. The van der Waals surface area contributed by atoms with Crippen LogP contribution in [0, 0.1) is 0 Å². The minimum Gasteiger partial charge on any atom is -0.459 e. The Bertz CT molecular complexity index is 598. The van der Waals surface area contributed by atoms with Crippen molar-refractivity contribution in [3.63, 3.8) is 0 Å². The predicted molar refractivity (Wildman–Crippen MR) is 103 cm³/mol. The summed E-state index contributed by atoms with van der Waals surface area (Å²) in [4.78, 5) is 12.3. The van der Waals surface area contributed by atoms with Crippen molar-refractivity contribution in [3.8, 4) is 0 Å². The van der Waals surface area contributed by atoms with Gasteiger partial charge in [0.05, 0.1) is 13.2 Å². The van der Waals surface area contributed by atoms with Crippen molar-refractivity contribution in [2.24, 2.45) is 11.5 Å². The van der Waals surface area contributed by atoms with Crippen LogP contribution in [0.4, 0.5) is 0 Å². The molecule has 0 aromatic carbocycles. The first-order valence-corrected chi connectivity index (χ1v) is 10.4. The molecule has 10 atom stereocenters. The number of hydrogen-bond donors (Lipinski definition) is 9. The average Bonchev–Trinajstić information content (AvgIpc) is 3.02. The van der Waals surface area contributed by atoms with E-state index in [9.17, 15) is 40.5 Å². The molecule has 0 spiro atoms. The lowest BCUT2D eigenvalue weighted by atomic mass is 9.99. The van der Waals surface area contributed by atoms with E-state index in [-0.39, 0.29) is 6.42 Å². The molecule has 2 heterocycles. The second-order valence-electron chi connectivity index (χ2n) is 7.90. The zero-order valence-corrected chi connectivity index (χ0v) is 17.5. The van der Waals surface area contributed by atoms with Gasteiger partial charge in [0.15, 0.2) is 6.29 Å². The van der Waals surface area contributed by atoms with Crippen LogP contribution < -0.4 is 11.5 Å². The summed E-state index contributed by atoms with van der Waals surface area (Å²) in [7, 11) is 0. The number of carbonyl (C=O) groups excluding carboxylic acids is 1. The molecule has 0 bridgehead atoms. The van der Waals surface area contributed by atoms with Gasteiger partial charge < -0.3 is 66.2 Å². The number of esters is 1. The van der Waals surface area contributed by atoms with E-state index in [4.69, 9.17) is 30.4 Å². The molecular formula is C18H34N2O12. The quantitative estimate of drug-likeness (QED) is 0.101. The van der Waals surface area contributed by atoms with Gasteiger partial charge in [-0.15, -0.1) is 0 Å². The maximum Gasteiger partial charge on any atom is 0.323 e. The number of aliphatic hydroxyl groups excluding tert-OH is 7. The fourth-order valence-electron chi connectivity index (χ4n) is 3.52. The highest BCUT2D eigenvalue weighted by atomic mass is 16.8. The molecule has 14 nitrogen and oxygen atoms in total. The van der Waals surface area contributed by atoms with Gasteiger partial charge in [0.25, 0.3) is 0 Å². The van der Waals surface area contributed by atoms with Gasteiger partial charge in [-0.05, 0) is 19.4 Å². The number of carbonyl (C=O) groups is 1. The Morgan fingerprint density at radius 1 is 0.969 bits per heavy atom. The number of hydrogen-bond acceptors (Lipinski definition) is 14. The van der Waals surface area contributed by atoms with Gasteiger partial charge in [0.2, 0.25) is 5.79 Å². The molecule has 2 aliphatic rings. The minimum absolute atomic E-state index is 0.280. The molecule has 0 unspecified atom stereocenters. The van der Waals surface area contributed by atoms with Crippen molar-refractivity contribution < 1.29 is 59.5 Å². The smallest absolute Gasteiger partial charge is 0.323 e. The van der Waals surface area contributed by atoms with Crippen LogP contribution in [0.25, 0.3) is 0 Å². The van der Waals surface area contributed by atoms with E-state index in [0.717, 1.165) is 0 Å². The summed E-state index contributed by atoms with van der Waals surface area (Å²) >= 11 is 0. The van der Waals surface area contributed by atoms with Gasteiger partial charge in [-0.25, -0.2) is 0 Å². The third-order valence-electron chi connectivity index (χ3n) is 5.54. The summed E-state index contributed by atoms with van der Waals surface area (Å²) in [5.74, 6) is -3.19. The van der Waals surface area contributed by atoms with Gasteiger partial charge >= 0.3 is 5.97 Å². The Hall–Kier alpha value is -1.01. The molecule has 2 aliphatic heterocycles. The van der Waals surface area contributed by atoms with Gasteiger partial charge in [-0.3, -0.25) is 4.79 Å². The summed E-state index contributed by atoms with van der Waals surface area (Å²) in [5.41, 5.74) is 11.2. The normalized spacial score (nSPS) is 40.9. The molecular weight excluding hydrogens is 436 g/mol. The third-order valence-corrected chi connectivity index (χ3v) is 5.54. The van der Waals surface area contributed by atoms with Crippen LogP contribution in [0.2, 0.25) is 0 Å². The monoisotopic (exact) mass is 470 g/mol. The minimum atomic E-state index is -2.33. The first kappa shape index (κ1) is 27.2. The molecule has 188 valence electrons. The first-order chi connectivity index (χ1) is 15.1. The Labute approximate surface area is 184 Å². The van der Waals surface area contributed by atoms with E-state index in [1.807, 2.05) is 0 Å². The lowest BCUT2D eigenvalue weighted by Gasteiger charge is -2.43. The van der Waals surface area contributed by atoms with Crippen LogP contribution in [0.3, 0.4) is 0 Å². The van der Waals surface area contributed by atoms with Crippen molar-refractivity contribution in [2.45, 2.75) is 80.1 Å². The molecule has 2 rings (SSSR count). The van der Waals surface area contributed by atoms with Crippen LogP contribution >= 0.6 is 0 Å². The van der Waals surface area contributed by atoms with E-state index in [1.54, 1.807) is 0 Å². The van der Waals surface area contributed by atoms with Crippen LogP contribution in [0.1, 0.15) is 19.3 Å². The number of ether oxygens (including phenoxy) is 4. The molecule has 0 aliphatic carbocycles. The van der Waals surface area contributed by atoms with Crippen molar-refractivity contribution in [1.29, 1.82) is 0 Å². The zero-order chi connectivity index (χ0) is 24.1. The Kier molecular flexibility index (Phi) is 10.1. The van der Waals surface area contributed by atoms with Crippen LogP contribution in [-0.4, -0.2) is 129 Å². The summed E-state index contributed by atoms with van der Waals surface area (Å²) < 4.78 is 21.3. The van der Waals surface area contributed by atoms with Gasteiger partial charge in [0.1, 0.15) is 55.4 Å². The van der Waals surface area contributed by atoms with E-state index in [1.165, 1.54) is 0 Å². The maximum atomic E-state index is 12.3. The fourth-order valence-corrected chi connectivity index (χ4v) is 3.52. The average molecular weight is 470 g/mol. The first-order valence-electron chi connectivity index (χ1n) is 10.4. The van der Waals surface area contributed by atoms with Crippen molar-refractivity contribution in [3.05, 3.63) is 0 Å². The highest BCUT2D eigenvalue weighted by Crippen LogP contribution is 2.36. The Morgan fingerprint density at radius 2 is 1.62 bits per heavy atom. The second-order valence-corrected chi connectivity index (χ2v) is 7.90. The topological polar surface area (TPSA) is 248 Å². The molecule has 14 heteroatoms. The lowest BCUT2D eigenvalue weighted by Crippen LogP contribution is -2.63. The van der Waals surface area contributed by atoms with Crippen molar-refractivity contribution in [1.82, 2.24) is 0 Å². The largest absolute Gasteiger partial charge is 0.459 e. The standard InChI is InChI=1S/C18H34N2O12/c19-4-2-1-3-8(20)16(28)29-7-18(15(27)12(24)10(6-22)31-18)32-17-14(26)13(25)11(23)9(5-21)30-17/h8-15,17,21-27H,1-7,19-20H2/t8-,9+,10+,11+,12+,13-,14+,15-,17+,18-/m0/s1. The van der Waals surface area contributed by atoms with Gasteiger partial charge in [-0.2, -0.15) is 0 Å². The molecule has 11 N–H and O–H groups in total. The summed E-state index contributed by atoms with van der Waals surface area (Å²) in [6, 6.07) is -1.01. The van der Waals surface area contributed by atoms with Crippen molar-refractivity contribution >= 4 is 5.97 Å². The Morgan fingerprint density at radius 3 is 2.19 bits per heavy atom. The highest BCUT2D eigenvalue weighted by molar-refractivity contribution is 5.75. The SMILES string of the molecule is NCCCC[C@H](N)C(=O)OC[C@@]1(O[C@H]2O[C@H](CO)[C@@H](O)[C@H](O)[C@H]2O)O[C@H](CO)[C@@H](O)[C@@H]1O. The summed E-state index contributed by atoms with van der Waals surface area (Å²) in [6.45, 7) is -1.86. The highest BCUT2D eigenvalue weighted by Gasteiger charge is 2.59. The number of nitrogens with two attached hydrogens (primary N) is 2. The molecule has 0 aromatic heterocycles. The number of aliphatic hydroxyl groups is 7. The molecule has 32 heavy (non-hydrogen) atoms. The maximum absolute atomic E-state index is 12.3. The van der Waals surface area contributed by atoms with E-state index >= 15 is 0 Å². The van der Waals surface area contributed by atoms with Gasteiger partial charge in [-0.1, -0.05) is 6.42 Å². The third kappa shape index (κ3) is 5.91. The Balaban J connectivity index is 2.17. The number of rotatable bonds is 11. The van der Waals surface area contributed by atoms with E-state index in [2.05, 4.69) is 0 Å². The fraction of sp³-hybridized carbons (Fsp3) is 0.944. The summed E-state index contributed by atoms with van der Waals surface area (Å²) in [5, 5.41) is 69.6. The van der Waals surface area contributed by atoms with Crippen LogP contribution in [0.5, 0.6) is 0 Å². The molecule has 2 saturated heterocycles. The van der Waals surface area contributed by atoms with E-state index < -0.39 is 86.6 Å². The number of unbranched alkanes of at least 4 members (excludes halogenated alkanes) is 1. The van der Waals surface area contributed by atoms with Gasteiger partial charge in [0, 0.05) is 0 Å². The van der Waals surface area contributed by atoms with Crippen molar-refractivity contribution in [2.75, 3.05) is 26.4 Å². The second kappa shape index (κ2) is 11.9.